The Hall–Kier alpha value is -3.03. The summed E-state index contributed by atoms with van der Waals surface area (Å²) < 4.78 is 0. The van der Waals surface area contributed by atoms with Crippen LogP contribution in [0.3, 0.4) is 0 Å². The lowest BCUT2D eigenvalue weighted by molar-refractivity contribution is -0.139. The van der Waals surface area contributed by atoms with Crippen molar-refractivity contribution in [3.8, 4) is 11.5 Å². The van der Waals surface area contributed by atoms with Crippen molar-refractivity contribution in [2.75, 3.05) is 12.3 Å². The normalized spacial score (nSPS) is 13.6. The molecule has 1 aromatic carbocycles. The summed E-state index contributed by atoms with van der Waals surface area (Å²) >= 11 is 1.09. The summed E-state index contributed by atoms with van der Waals surface area (Å²) in [4.78, 5) is 46.6. The second-order valence-electron chi connectivity index (χ2n) is 7.16. The standard InChI is InChI=1S/C19H28N4O8S/c1-9(20)4-10-5-13(24)14(25)6-15(10)32-8-12(18(29)22-7-17(27)28)23-16(26)3-2-11(21)19(30)31/h5-6,9,11-12,24-25H,2-4,7-8,20-21H2,1H3,(H,22,29)(H,23,26)(H,27,28)(H,30,31)/t9?,11-,12+/m0/s1. The van der Waals surface area contributed by atoms with Gasteiger partial charge in [0.25, 0.3) is 0 Å². The van der Waals surface area contributed by atoms with Crippen LogP contribution in [-0.2, 0) is 25.6 Å². The van der Waals surface area contributed by atoms with Crippen LogP contribution in [0.15, 0.2) is 17.0 Å². The maximum atomic E-state index is 12.4. The topological polar surface area (TPSA) is 225 Å². The molecule has 0 spiro atoms. The molecule has 3 atom stereocenters. The van der Waals surface area contributed by atoms with Gasteiger partial charge in [-0.3, -0.25) is 19.2 Å². The summed E-state index contributed by atoms with van der Waals surface area (Å²) in [5.74, 6) is -4.68. The number of aromatic hydroxyl groups is 2. The number of hydrogen-bond donors (Lipinski definition) is 8. The van der Waals surface area contributed by atoms with Crippen LogP contribution in [0.25, 0.3) is 0 Å². The summed E-state index contributed by atoms with van der Waals surface area (Å²) in [5, 5.41) is 41.8. The van der Waals surface area contributed by atoms with E-state index in [1.807, 2.05) is 0 Å². The third-order valence-electron chi connectivity index (χ3n) is 4.17. The van der Waals surface area contributed by atoms with Gasteiger partial charge < -0.3 is 42.5 Å². The first-order valence-corrected chi connectivity index (χ1v) is 10.6. The van der Waals surface area contributed by atoms with Gasteiger partial charge in [0, 0.05) is 23.1 Å². The number of amides is 2. The van der Waals surface area contributed by atoms with Gasteiger partial charge in [-0.2, -0.15) is 0 Å². The van der Waals surface area contributed by atoms with Crippen molar-refractivity contribution in [2.45, 2.75) is 49.2 Å². The average Bonchev–Trinajstić information content (AvgIpc) is 2.69. The van der Waals surface area contributed by atoms with Gasteiger partial charge in [-0.05, 0) is 37.5 Å². The number of phenols is 2. The van der Waals surface area contributed by atoms with E-state index in [9.17, 15) is 29.4 Å². The highest BCUT2D eigenvalue weighted by Gasteiger charge is 2.23. The van der Waals surface area contributed by atoms with E-state index >= 15 is 0 Å². The summed E-state index contributed by atoms with van der Waals surface area (Å²) in [6, 6.07) is -0.00221. The Labute approximate surface area is 188 Å². The number of hydrogen-bond acceptors (Lipinski definition) is 9. The van der Waals surface area contributed by atoms with Crippen LogP contribution >= 0.6 is 11.8 Å². The lowest BCUT2D eigenvalue weighted by Gasteiger charge is -2.19. The van der Waals surface area contributed by atoms with E-state index in [0.717, 1.165) is 11.8 Å². The van der Waals surface area contributed by atoms with Crippen LogP contribution in [0.1, 0.15) is 25.3 Å². The molecule has 12 nitrogen and oxygen atoms in total. The number of rotatable bonds is 13. The monoisotopic (exact) mass is 472 g/mol. The first-order valence-electron chi connectivity index (χ1n) is 9.61. The van der Waals surface area contributed by atoms with Crippen molar-refractivity contribution in [1.82, 2.24) is 10.6 Å². The summed E-state index contributed by atoms with van der Waals surface area (Å²) in [5.41, 5.74) is 11.8. The van der Waals surface area contributed by atoms with Crippen molar-refractivity contribution in [2.24, 2.45) is 11.5 Å². The second-order valence-corrected chi connectivity index (χ2v) is 8.22. The van der Waals surface area contributed by atoms with Gasteiger partial charge in [0.05, 0.1) is 0 Å². The molecule has 1 rings (SSSR count). The molecular formula is C19H28N4O8S. The number of thioether (sulfide) groups is 1. The highest BCUT2D eigenvalue weighted by Crippen LogP contribution is 2.34. The Morgan fingerprint density at radius 1 is 1.09 bits per heavy atom. The highest BCUT2D eigenvalue weighted by molar-refractivity contribution is 7.99. The zero-order valence-electron chi connectivity index (χ0n) is 17.4. The predicted octanol–water partition coefficient (Wildman–Crippen LogP) is -1.04. The third-order valence-corrected chi connectivity index (χ3v) is 5.36. The fourth-order valence-electron chi connectivity index (χ4n) is 2.56. The van der Waals surface area contributed by atoms with Crippen LogP contribution in [0.4, 0.5) is 0 Å². The van der Waals surface area contributed by atoms with Crippen molar-refractivity contribution in [3.63, 3.8) is 0 Å². The van der Waals surface area contributed by atoms with Crippen LogP contribution in [0, 0.1) is 0 Å². The first kappa shape index (κ1) is 27.0. The lowest BCUT2D eigenvalue weighted by Crippen LogP contribution is -2.49. The predicted molar refractivity (Wildman–Crippen MR) is 115 cm³/mol. The minimum atomic E-state index is -1.27. The Morgan fingerprint density at radius 3 is 2.28 bits per heavy atom. The summed E-state index contributed by atoms with van der Waals surface area (Å²) in [7, 11) is 0. The number of phenolic OH excluding ortho intramolecular Hbond substituents is 2. The lowest BCUT2D eigenvalue weighted by atomic mass is 10.1. The fourth-order valence-corrected chi connectivity index (χ4v) is 3.66. The molecule has 0 aromatic heterocycles. The minimum absolute atomic E-state index is 0.0433. The second kappa shape index (κ2) is 12.7. The Kier molecular flexibility index (Phi) is 10.7. The highest BCUT2D eigenvalue weighted by atomic mass is 32.2. The molecule has 0 fully saturated rings. The minimum Gasteiger partial charge on any atom is -0.504 e. The summed E-state index contributed by atoms with van der Waals surface area (Å²) in [6.45, 7) is 1.10. The zero-order valence-corrected chi connectivity index (χ0v) is 18.2. The summed E-state index contributed by atoms with van der Waals surface area (Å²) in [6.07, 6.45) is -0.0373. The van der Waals surface area contributed by atoms with E-state index in [4.69, 9.17) is 21.7 Å². The Bertz CT molecular complexity index is 849. The average molecular weight is 473 g/mol. The number of carbonyl (C=O) groups is 4. The Morgan fingerprint density at radius 2 is 1.72 bits per heavy atom. The molecule has 10 N–H and O–H groups in total. The van der Waals surface area contributed by atoms with Crippen LogP contribution in [0.2, 0.25) is 0 Å². The van der Waals surface area contributed by atoms with Gasteiger partial charge in [0.1, 0.15) is 18.6 Å². The van der Waals surface area contributed by atoms with Crippen molar-refractivity contribution in [1.29, 1.82) is 0 Å². The number of carboxylic acid groups (broad SMARTS) is 2. The number of carboxylic acids is 2. The fraction of sp³-hybridized carbons (Fsp3) is 0.474. The first-order chi connectivity index (χ1) is 14.9. The molecule has 1 aromatic rings. The van der Waals surface area contributed by atoms with Gasteiger partial charge in [0.2, 0.25) is 11.8 Å². The van der Waals surface area contributed by atoms with E-state index in [0.29, 0.717) is 16.9 Å². The molecular weight excluding hydrogens is 444 g/mol. The Balaban J connectivity index is 2.95. The molecule has 0 heterocycles. The van der Waals surface area contributed by atoms with Gasteiger partial charge in [-0.15, -0.1) is 11.8 Å². The molecule has 178 valence electrons. The number of nitrogens with one attached hydrogen (secondary N) is 2. The number of aliphatic carboxylic acids is 2. The van der Waals surface area contributed by atoms with E-state index in [-0.39, 0.29) is 36.1 Å². The molecule has 0 bridgehead atoms. The molecule has 0 aliphatic rings. The zero-order chi connectivity index (χ0) is 24.4. The van der Waals surface area contributed by atoms with Gasteiger partial charge in [0.15, 0.2) is 11.5 Å². The molecule has 0 aliphatic carbocycles. The maximum Gasteiger partial charge on any atom is 0.322 e. The molecule has 32 heavy (non-hydrogen) atoms. The van der Waals surface area contributed by atoms with Gasteiger partial charge in [-0.25, -0.2) is 0 Å². The van der Waals surface area contributed by atoms with E-state index in [1.54, 1.807) is 6.92 Å². The quantitative estimate of drug-likeness (QED) is 0.128. The van der Waals surface area contributed by atoms with Gasteiger partial charge >= 0.3 is 11.9 Å². The van der Waals surface area contributed by atoms with E-state index < -0.39 is 42.4 Å². The maximum absolute atomic E-state index is 12.4. The molecule has 0 saturated carbocycles. The van der Waals surface area contributed by atoms with E-state index in [1.165, 1.54) is 12.1 Å². The number of benzene rings is 1. The molecule has 2 amide bonds. The molecule has 1 unspecified atom stereocenters. The largest absolute Gasteiger partial charge is 0.504 e. The van der Waals surface area contributed by atoms with Gasteiger partial charge in [-0.1, -0.05) is 0 Å². The van der Waals surface area contributed by atoms with Crippen molar-refractivity contribution in [3.05, 3.63) is 17.7 Å². The number of carbonyl (C=O) groups excluding carboxylic acids is 2. The van der Waals surface area contributed by atoms with Crippen LogP contribution in [0.5, 0.6) is 11.5 Å². The number of nitrogens with two attached hydrogens (primary N) is 2. The molecule has 0 aliphatic heterocycles. The van der Waals surface area contributed by atoms with Crippen LogP contribution in [-0.4, -0.2) is 74.6 Å². The van der Waals surface area contributed by atoms with E-state index in [2.05, 4.69) is 10.6 Å². The van der Waals surface area contributed by atoms with Crippen LogP contribution < -0.4 is 22.1 Å². The molecule has 0 radical (unpaired) electrons. The SMILES string of the molecule is CC(N)Cc1cc(O)c(O)cc1SC[C@@H](NC(=O)CC[C@H](N)C(=O)O)C(=O)NCC(=O)O. The van der Waals surface area contributed by atoms with Crippen molar-refractivity contribution < 1.29 is 39.6 Å². The molecule has 0 saturated heterocycles. The molecule has 13 heteroatoms. The smallest absolute Gasteiger partial charge is 0.322 e. The third kappa shape index (κ3) is 9.41. The van der Waals surface area contributed by atoms with Crippen molar-refractivity contribution >= 4 is 35.5 Å².